The highest BCUT2D eigenvalue weighted by atomic mass is 32.1. The van der Waals surface area contributed by atoms with Crippen LogP contribution in [0.1, 0.15) is 70.1 Å². The second-order valence-corrected chi connectivity index (χ2v) is 25.5. The molecule has 12 atom stereocenters. The van der Waals surface area contributed by atoms with Crippen LogP contribution in [0.2, 0.25) is 0 Å². The number of benzene rings is 3. The van der Waals surface area contributed by atoms with Crippen LogP contribution in [0.4, 0.5) is 0 Å². The smallest absolute Gasteiger partial charge is 0.327 e. The van der Waals surface area contributed by atoms with Gasteiger partial charge in [0.05, 0.1) is 25.6 Å². The van der Waals surface area contributed by atoms with Gasteiger partial charge >= 0.3 is 11.9 Å². The highest BCUT2D eigenvalue weighted by molar-refractivity contribution is 7.80. The van der Waals surface area contributed by atoms with Crippen LogP contribution >= 0.6 is 50.5 Å². The highest BCUT2D eigenvalue weighted by Gasteiger charge is 2.37. The third-order valence-corrected chi connectivity index (χ3v) is 17.4. The zero-order valence-electron chi connectivity index (χ0n) is 56.2. The van der Waals surface area contributed by atoms with Crippen molar-refractivity contribution in [2.24, 2.45) is 23.3 Å². The second kappa shape index (κ2) is 42.6. The van der Waals surface area contributed by atoms with E-state index >= 15 is 0 Å². The quantitative estimate of drug-likeness (QED) is 0.0192. The Balaban J connectivity index is 1.44. The topological polar surface area (TPSA) is 529 Å². The maximum Gasteiger partial charge on any atom is 0.327 e. The Hall–Kier alpha value is -9.59. The number of carboxylic acids is 2. The molecule has 0 aliphatic carbocycles. The number of para-hydroxylation sites is 1. The molecular weight excluding hydrogens is 1410 g/mol. The van der Waals surface area contributed by atoms with E-state index in [-0.39, 0.29) is 55.1 Å². The van der Waals surface area contributed by atoms with Crippen molar-refractivity contribution in [2.75, 3.05) is 36.1 Å². The molecule has 33 nitrogen and oxygen atoms in total. The lowest BCUT2D eigenvalue weighted by Crippen LogP contribution is -2.61. The number of rotatable bonds is 43. The van der Waals surface area contributed by atoms with Gasteiger partial charge in [0, 0.05) is 65.8 Å². The Morgan fingerprint density at radius 2 is 0.931 bits per heavy atom. The van der Waals surface area contributed by atoms with Crippen LogP contribution in [0.5, 0.6) is 5.75 Å². The first-order valence-electron chi connectivity index (χ1n) is 32.2. The molecule has 0 bridgehead atoms. The number of hydrogen-bond acceptors (Lipinski definition) is 21. The largest absolute Gasteiger partial charge is 0.508 e. The summed E-state index contributed by atoms with van der Waals surface area (Å²) in [5, 5.41) is 59.3. The molecular formula is C65H89N15O18S4. The monoisotopic (exact) mass is 1500 g/mol. The third kappa shape index (κ3) is 27.7. The predicted octanol–water partition coefficient (Wildman–Crippen LogP) is -3.44. The van der Waals surface area contributed by atoms with Crippen molar-refractivity contribution in [3.05, 3.63) is 102 Å². The zero-order chi connectivity index (χ0) is 75.9. The fourth-order valence-electron chi connectivity index (χ4n) is 9.87. The fraction of sp³-hybridized carbons (Fsp3) is 0.462. The van der Waals surface area contributed by atoms with Gasteiger partial charge < -0.3 is 95.6 Å². The van der Waals surface area contributed by atoms with Crippen molar-refractivity contribution >= 4 is 150 Å². The van der Waals surface area contributed by atoms with Crippen molar-refractivity contribution in [1.82, 2.24) is 68.8 Å². The van der Waals surface area contributed by atoms with Crippen molar-refractivity contribution in [3.63, 3.8) is 0 Å². The number of phenolic OH excluding ortho intramolecular Hbond substituents is 1. The molecule has 4 aromatic rings. The Morgan fingerprint density at radius 1 is 0.471 bits per heavy atom. The van der Waals surface area contributed by atoms with Gasteiger partial charge in [-0.1, -0.05) is 94.8 Å². The highest BCUT2D eigenvalue weighted by Crippen LogP contribution is 2.21. The number of aromatic hydroxyl groups is 1. The van der Waals surface area contributed by atoms with Crippen molar-refractivity contribution in [1.29, 1.82) is 0 Å². The molecule has 0 aliphatic heterocycles. The summed E-state index contributed by atoms with van der Waals surface area (Å²) in [7, 11) is 0. The zero-order valence-corrected chi connectivity index (χ0v) is 59.8. The van der Waals surface area contributed by atoms with Gasteiger partial charge in [0.2, 0.25) is 76.8 Å². The molecule has 3 aromatic carbocycles. The molecule has 13 amide bonds. The average Bonchev–Trinajstić information content (AvgIpc) is 1.52. The molecule has 1 heterocycles. The van der Waals surface area contributed by atoms with E-state index < -0.39 is 199 Å². The molecule has 0 fully saturated rings. The molecule has 37 heteroatoms. The van der Waals surface area contributed by atoms with Crippen LogP contribution < -0.4 is 75.3 Å². The molecule has 0 radical (unpaired) electrons. The molecule has 0 saturated heterocycles. The van der Waals surface area contributed by atoms with E-state index in [1.165, 1.54) is 24.3 Å². The first-order valence-corrected chi connectivity index (χ1v) is 34.7. The summed E-state index contributed by atoms with van der Waals surface area (Å²) in [6, 6.07) is 4.84. The molecule has 1 aromatic heterocycles. The molecule has 0 unspecified atom stereocenters. The van der Waals surface area contributed by atoms with E-state index in [0.29, 0.717) is 27.6 Å². The Labute approximate surface area is 609 Å². The lowest BCUT2D eigenvalue weighted by atomic mass is 9.98. The summed E-state index contributed by atoms with van der Waals surface area (Å²) in [6.07, 6.45) is -0.572. The van der Waals surface area contributed by atoms with Gasteiger partial charge in [-0.05, 0) is 53.1 Å². The van der Waals surface area contributed by atoms with Gasteiger partial charge in [0.25, 0.3) is 0 Å². The van der Waals surface area contributed by atoms with Crippen LogP contribution in [0.25, 0.3) is 10.9 Å². The summed E-state index contributed by atoms with van der Waals surface area (Å²) in [4.78, 5) is 204. The molecule has 0 saturated carbocycles. The number of aromatic nitrogens is 1. The van der Waals surface area contributed by atoms with Gasteiger partial charge in [0.15, 0.2) is 0 Å². The van der Waals surface area contributed by atoms with E-state index in [0.717, 1.165) is 0 Å². The lowest BCUT2D eigenvalue weighted by molar-refractivity contribution is -0.142. The van der Waals surface area contributed by atoms with Gasteiger partial charge in [-0.25, -0.2) is 4.79 Å². The van der Waals surface area contributed by atoms with E-state index in [2.05, 4.69) is 119 Å². The number of aromatic amines is 1. The number of amides is 13. The standard InChI is InChI=1S/C65H89N15O18S4/c1-5-33(4)54(80-62(94)47(30-101)77-57(89)43(22-35-15-17-37(81)18-16-35)73-56(88)41(19-20-49(67)82)72-64(96)53(32(2)3)79-55(87)39(66)28-99)63(95)70-26-50(83)69-27-51(84)71-45(24-52(85)86)60(92)76-46(29-100)61(93)75-44(23-36-25-68-40-14-10-9-13-38(36)40)59(91)74-42(21-34-11-7-6-8-12-34)58(90)78-48(31-102)65(97)98/h6-18,25,32-33,39,41-48,53-54,68,81,99-102H,5,19-24,26-31,66H2,1-4H3,(H2,67,82)(H,69,83)(H,70,95)(H,71,84)(H,72,96)(H,73,88)(H,74,91)(H,75,93)(H,76,92)(H,77,89)(H,78,90)(H,79,87)(H,80,94)(H,85,86)(H,97,98)/t33-,39-,41-,42-,43-,44-,45-,46-,47-,48-,53-,54-/m0/s1. The molecule has 4 rings (SSSR count). The number of primary amides is 1. The van der Waals surface area contributed by atoms with E-state index in [1.54, 1.807) is 88.5 Å². The summed E-state index contributed by atoms with van der Waals surface area (Å²) in [6.45, 7) is 4.79. The first-order chi connectivity index (χ1) is 48.3. The third-order valence-electron chi connectivity index (χ3n) is 15.9. The van der Waals surface area contributed by atoms with Crippen molar-refractivity contribution in [3.8, 4) is 5.75 Å². The van der Waals surface area contributed by atoms with Crippen molar-refractivity contribution in [2.45, 2.75) is 139 Å². The normalized spacial score (nSPS) is 14.6. The summed E-state index contributed by atoms with van der Waals surface area (Å²) < 4.78 is 0. The molecule has 0 spiro atoms. The molecule has 556 valence electrons. The minimum absolute atomic E-state index is 0.0522. The van der Waals surface area contributed by atoms with Gasteiger partial charge in [-0.2, -0.15) is 50.5 Å². The van der Waals surface area contributed by atoms with E-state index in [9.17, 15) is 87.2 Å². The van der Waals surface area contributed by atoms with Crippen LogP contribution in [0, 0.1) is 11.8 Å². The number of H-pyrrole nitrogens is 1. The Kier molecular flexibility index (Phi) is 35.4. The summed E-state index contributed by atoms with van der Waals surface area (Å²) >= 11 is 16.5. The number of nitrogens with one attached hydrogen (secondary N) is 13. The summed E-state index contributed by atoms with van der Waals surface area (Å²) in [5.41, 5.74) is 13.4. The van der Waals surface area contributed by atoms with Crippen molar-refractivity contribution < 1.29 is 87.2 Å². The summed E-state index contributed by atoms with van der Waals surface area (Å²) in [5.74, 6) is -17.8. The Morgan fingerprint density at radius 3 is 1.45 bits per heavy atom. The number of phenols is 1. The number of nitrogens with two attached hydrogens (primary N) is 2. The van der Waals surface area contributed by atoms with E-state index in [4.69, 9.17) is 11.5 Å². The number of thiol groups is 4. The van der Waals surface area contributed by atoms with Crippen LogP contribution in [-0.4, -0.2) is 212 Å². The number of carbonyl (C=O) groups excluding carboxylic acids is 13. The number of aliphatic carboxylic acids is 2. The number of hydrogen-bond donors (Lipinski definition) is 22. The van der Waals surface area contributed by atoms with Crippen LogP contribution in [0.15, 0.2) is 85.1 Å². The van der Waals surface area contributed by atoms with Crippen LogP contribution in [0.3, 0.4) is 0 Å². The average molecular weight is 1500 g/mol. The number of carboxylic acid groups (broad SMARTS) is 2. The second-order valence-electron chi connectivity index (χ2n) is 24.0. The molecule has 0 aliphatic rings. The predicted molar refractivity (Wildman–Crippen MR) is 385 cm³/mol. The molecule has 20 N–H and O–H groups in total. The SMILES string of the molecule is CC[C@H](C)[C@H](NC(=O)[C@H](CS)NC(=O)[C@H](Cc1ccc(O)cc1)NC(=O)[C@H](CCC(N)=O)NC(=O)[C@@H](NC(=O)[C@@H](N)CS)C(C)C)C(=O)NCC(=O)NCC(=O)N[C@@H](CC(=O)O)C(=O)N[C@@H](CS)C(=O)N[C@@H](Cc1c[nH]c2ccccc12)C(=O)N[C@@H](Cc1ccccc1)C(=O)N[C@@H](CS)C(=O)O. The number of carbonyl (C=O) groups is 15. The number of fused-ring (bicyclic) bond motifs is 1. The maximum absolute atomic E-state index is 14.4. The van der Waals surface area contributed by atoms with Gasteiger partial charge in [-0.3, -0.25) is 67.1 Å². The van der Waals surface area contributed by atoms with Gasteiger partial charge in [0.1, 0.15) is 66.2 Å². The van der Waals surface area contributed by atoms with Gasteiger partial charge in [-0.15, -0.1) is 0 Å². The minimum atomic E-state index is -1.90. The lowest BCUT2D eigenvalue weighted by Gasteiger charge is -2.28. The van der Waals surface area contributed by atoms with Crippen LogP contribution in [-0.2, 0) is 91.2 Å². The Bertz CT molecular complexity index is 3610. The minimum Gasteiger partial charge on any atom is -0.508 e. The maximum atomic E-state index is 14.4. The first kappa shape index (κ1) is 84.8. The van der Waals surface area contributed by atoms with E-state index in [1.807, 2.05) is 0 Å². The molecule has 102 heavy (non-hydrogen) atoms. The fourth-order valence-corrected chi connectivity index (χ4v) is 10.8.